The molecule has 0 fully saturated rings. The first-order chi connectivity index (χ1) is 13.3. The van der Waals surface area contributed by atoms with Crippen LogP contribution in [0.5, 0.6) is 0 Å². The van der Waals surface area contributed by atoms with E-state index in [9.17, 15) is 4.79 Å². The third kappa shape index (κ3) is 3.41. The van der Waals surface area contributed by atoms with E-state index in [1.807, 2.05) is 37.3 Å². The lowest BCUT2D eigenvalue weighted by Gasteiger charge is -2.05. The fourth-order valence-electron chi connectivity index (χ4n) is 2.79. The van der Waals surface area contributed by atoms with Crippen molar-refractivity contribution in [3.05, 3.63) is 59.9 Å². The van der Waals surface area contributed by atoms with Gasteiger partial charge in [0.15, 0.2) is 18.2 Å². The largest absolute Gasteiger partial charge is 0.454 e. The highest BCUT2D eigenvalue weighted by Crippen LogP contribution is 2.29. The van der Waals surface area contributed by atoms with Gasteiger partial charge in [-0.1, -0.05) is 42.4 Å². The Morgan fingerprint density at radius 3 is 2.85 bits per heavy atom. The van der Waals surface area contributed by atoms with Crippen LogP contribution in [0.2, 0.25) is 0 Å². The number of rotatable bonds is 6. The summed E-state index contributed by atoms with van der Waals surface area (Å²) in [5, 5.41) is 16.2. The van der Waals surface area contributed by atoms with Crippen molar-refractivity contribution < 1.29 is 14.1 Å². The molecule has 0 aliphatic carbocycles. The Hall–Kier alpha value is -3.55. The van der Waals surface area contributed by atoms with Crippen LogP contribution >= 0.6 is 0 Å². The first-order valence-corrected chi connectivity index (χ1v) is 8.63. The van der Waals surface area contributed by atoms with Gasteiger partial charge in [0.05, 0.1) is 10.9 Å². The van der Waals surface area contributed by atoms with Crippen molar-refractivity contribution in [3.8, 4) is 11.3 Å². The summed E-state index contributed by atoms with van der Waals surface area (Å²) in [6, 6.07) is 14.8. The molecule has 0 bridgehead atoms. The highest BCUT2D eigenvalue weighted by molar-refractivity contribution is 5.98. The van der Waals surface area contributed by atoms with Crippen LogP contribution in [0.3, 0.4) is 0 Å². The summed E-state index contributed by atoms with van der Waals surface area (Å²) in [5.41, 5.74) is 1.99. The predicted molar refractivity (Wildman–Crippen MR) is 96.7 cm³/mol. The minimum Gasteiger partial charge on any atom is -0.454 e. The van der Waals surface area contributed by atoms with Gasteiger partial charge in [0, 0.05) is 12.1 Å². The average molecular weight is 363 g/mol. The van der Waals surface area contributed by atoms with E-state index in [2.05, 4.69) is 20.7 Å². The molecule has 2 aromatic carbocycles. The van der Waals surface area contributed by atoms with E-state index < -0.39 is 5.97 Å². The zero-order valence-electron chi connectivity index (χ0n) is 14.7. The summed E-state index contributed by atoms with van der Waals surface area (Å²) in [4.78, 5) is 12.5. The summed E-state index contributed by atoms with van der Waals surface area (Å²) < 4.78 is 12.5. The monoisotopic (exact) mass is 363 g/mol. The average Bonchev–Trinajstić information content (AvgIpc) is 3.33. The lowest BCUT2D eigenvalue weighted by atomic mass is 10.1. The Labute approximate surface area is 154 Å². The van der Waals surface area contributed by atoms with Gasteiger partial charge in [-0.05, 0) is 35.0 Å². The van der Waals surface area contributed by atoms with Crippen LogP contribution < -0.4 is 0 Å². The van der Waals surface area contributed by atoms with Crippen LogP contribution in [0, 0.1) is 0 Å². The summed E-state index contributed by atoms with van der Waals surface area (Å²) in [6.45, 7) is 2.71. The molecule has 0 N–H and O–H groups in total. The predicted octanol–water partition coefficient (Wildman–Crippen LogP) is 3.25. The fraction of sp³-hybridized carbons (Fsp3) is 0.211. The number of hydrogen-bond donors (Lipinski definition) is 0. The maximum Gasteiger partial charge on any atom is 0.338 e. The molecule has 136 valence electrons. The van der Waals surface area contributed by atoms with Crippen molar-refractivity contribution >= 4 is 16.9 Å². The van der Waals surface area contributed by atoms with Gasteiger partial charge < -0.3 is 9.26 Å². The number of esters is 1. The standard InChI is InChI=1S/C19H17N5O3/c1-2-10-24-17(20-22-23-24)12-26-19(25)14-8-9-16-15(11-14)18(27-21-16)13-6-4-3-5-7-13/h3-9,11H,2,10,12H2,1H3. The van der Waals surface area contributed by atoms with Gasteiger partial charge in [0.1, 0.15) is 5.52 Å². The topological polar surface area (TPSA) is 95.9 Å². The Balaban J connectivity index is 1.56. The lowest BCUT2D eigenvalue weighted by Crippen LogP contribution is -2.11. The minimum absolute atomic E-state index is 0.0129. The number of hydrogen-bond acceptors (Lipinski definition) is 7. The molecule has 0 amide bonds. The highest BCUT2D eigenvalue weighted by Gasteiger charge is 2.16. The normalized spacial score (nSPS) is 11.0. The Morgan fingerprint density at radius 2 is 2.04 bits per heavy atom. The number of benzene rings is 2. The molecule has 2 aromatic heterocycles. The van der Waals surface area contributed by atoms with E-state index in [0.29, 0.717) is 29.2 Å². The van der Waals surface area contributed by atoms with Gasteiger partial charge in [-0.2, -0.15) is 0 Å². The van der Waals surface area contributed by atoms with Crippen molar-refractivity contribution in [1.29, 1.82) is 0 Å². The van der Waals surface area contributed by atoms with Crippen LogP contribution in [-0.2, 0) is 17.9 Å². The highest BCUT2D eigenvalue weighted by atomic mass is 16.5. The molecule has 8 nitrogen and oxygen atoms in total. The fourth-order valence-corrected chi connectivity index (χ4v) is 2.79. The third-order valence-corrected chi connectivity index (χ3v) is 4.12. The van der Waals surface area contributed by atoms with Gasteiger partial charge >= 0.3 is 5.97 Å². The number of nitrogens with zero attached hydrogens (tertiary/aromatic N) is 5. The lowest BCUT2D eigenvalue weighted by molar-refractivity contribution is 0.0456. The summed E-state index contributed by atoms with van der Waals surface area (Å²) in [7, 11) is 0. The second-order valence-electron chi connectivity index (χ2n) is 6.00. The number of ether oxygens (including phenoxy) is 1. The van der Waals surface area contributed by atoms with Gasteiger partial charge in [-0.25, -0.2) is 9.48 Å². The molecule has 0 aliphatic heterocycles. The molecule has 0 saturated heterocycles. The number of tetrazole rings is 1. The van der Waals surface area contributed by atoms with Crippen molar-refractivity contribution in [2.45, 2.75) is 26.5 Å². The van der Waals surface area contributed by atoms with Crippen molar-refractivity contribution in [2.75, 3.05) is 0 Å². The number of carbonyl (C=O) groups excluding carboxylic acids is 1. The number of aromatic nitrogens is 5. The van der Waals surface area contributed by atoms with Crippen LogP contribution in [0.1, 0.15) is 29.5 Å². The maximum atomic E-state index is 12.5. The van der Waals surface area contributed by atoms with Crippen LogP contribution in [0.25, 0.3) is 22.2 Å². The molecular formula is C19H17N5O3. The molecule has 27 heavy (non-hydrogen) atoms. The molecule has 4 rings (SSSR count). The van der Waals surface area contributed by atoms with E-state index in [1.165, 1.54) is 0 Å². The first-order valence-electron chi connectivity index (χ1n) is 8.63. The molecule has 8 heteroatoms. The van der Waals surface area contributed by atoms with E-state index in [0.717, 1.165) is 17.4 Å². The maximum absolute atomic E-state index is 12.5. The van der Waals surface area contributed by atoms with Crippen LogP contribution in [-0.4, -0.2) is 31.3 Å². The Bertz CT molecular complexity index is 1070. The van der Waals surface area contributed by atoms with Crippen molar-refractivity contribution in [2.24, 2.45) is 0 Å². The SMILES string of the molecule is CCCn1nnnc1COC(=O)c1ccc2noc(-c3ccccc3)c2c1. The van der Waals surface area contributed by atoms with E-state index >= 15 is 0 Å². The van der Waals surface area contributed by atoms with Gasteiger partial charge in [0.25, 0.3) is 0 Å². The second kappa shape index (κ2) is 7.36. The molecule has 0 unspecified atom stereocenters. The minimum atomic E-state index is -0.455. The summed E-state index contributed by atoms with van der Waals surface area (Å²) in [6.07, 6.45) is 0.887. The van der Waals surface area contributed by atoms with Gasteiger partial charge in [0.2, 0.25) is 0 Å². The van der Waals surface area contributed by atoms with Crippen molar-refractivity contribution in [3.63, 3.8) is 0 Å². The smallest absolute Gasteiger partial charge is 0.338 e. The van der Waals surface area contributed by atoms with Crippen LogP contribution in [0.4, 0.5) is 0 Å². The van der Waals surface area contributed by atoms with Crippen molar-refractivity contribution in [1.82, 2.24) is 25.4 Å². The molecule has 2 heterocycles. The first kappa shape index (κ1) is 16.9. The molecule has 0 atom stereocenters. The molecule has 0 aliphatic rings. The van der Waals surface area contributed by atoms with Crippen LogP contribution in [0.15, 0.2) is 53.1 Å². The molecular weight excluding hydrogens is 346 g/mol. The van der Waals surface area contributed by atoms with Gasteiger partial charge in [-0.15, -0.1) is 5.10 Å². The van der Waals surface area contributed by atoms with E-state index in [1.54, 1.807) is 22.9 Å². The quantitative estimate of drug-likeness (QED) is 0.485. The molecule has 0 spiro atoms. The number of aryl methyl sites for hydroxylation is 1. The molecule has 4 aromatic rings. The van der Waals surface area contributed by atoms with E-state index in [4.69, 9.17) is 9.26 Å². The Morgan fingerprint density at radius 1 is 1.19 bits per heavy atom. The number of fused-ring (bicyclic) bond motifs is 1. The second-order valence-corrected chi connectivity index (χ2v) is 6.00. The number of carbonyl (C=O) groups is 1. The van der Waals surface area contributed by atoms with Gasteiger partial charge in [-0.3, -0.25) is 0 Å². The molecule has 0 radical (unpaired) electrons. The zero-order chi connectivity index (χ0) is 18.6. The summed E-state index contributed by atoms with van der Waals surface area (Å²) in [5.74, 6) is 0.677. The Kier molecular flexibility index (Phi) is 4.61. The molecule has 0 saturated carbocycles. The zero-order valence-corrected chi connectivity index (χ0v) is 14.7. The third-order valence-electron chi connectivity index (χ3n) is 4.12. The van der Waals surface area contributed by atoms with E-state index in [-0.39, 0.29) is 6.61 Å². The summed E-state index contributed by atoms with van der Waals surface area (Å²) >= 11 is 0.